The predicted octanol–water partition coefficient (Wildman–Crippen LogP) is 3.16. The van der Waals surface area contributed by atoms with E-state index in [4.69, 9.17) is 14.2 Å². The van der Waals surface area contributed by atoms with Crippen LogP contribution in [-0.2, 0) is 9.47 Å². The molecule has 1 fully saturated rings. The van der Waals surface area contributed by atoms with Crippen LogP contribution in [0, 0.1) is 0 Å². The van der Waals surface area contributed by atoms with Gasteiger partial charge in [0.05, 0.1) is 12.6 Å². The molecule has 1 aromatic carbocycles. The number of piperidine rings is 1. The molecule has 6 nitrogen and oxygen atoms in total. The lowest BCUT2D eigenvalue weighted by Crippen LogP contribution is -2.48. The number of benzene rings is 1. The summed E-state index contributed by atoms with van der Waals surface area (Å²) in [5.74, 6) is 1.83. The summed E-state index contributed by atoms with van der Waals surface area (Å²) in [6, 6.07) is 9.90. The van der Waals surface area contributed by atoms with E-state index >= 15 is 0 Å². The maximum atomic E-state index is 5.92. The summed E-state index contributed by atoms with van der Waals surface area (Å²) in [4.78, 5) is 6.72. The number of nitrogens with zero attached hydrogens (tertiary/aromatic N) is 2. The van der Waals surface area contributed by atoms with Crippen LogP contribution in [0.15, 0.2) is 35.3 Å². The Kier molecular flexibility index (Phi) is 12.4. The van der Waals surface area contributed by atoms with Crippen LogP contribution >= 0.6 is 24.0 Å². The Bertz CT molecular complexity index is 522. The van der Waals surface area contributed by atoms with E-state index in [1.807, 2.05) is 37.4 Å². The molecule has 154 valence electrons. The molecule has 2 rings (SSSR count). The maximum Gasteiger partial charge on any atom is 0.193 e. The zero-order valence-electron chi connectivity index (χ0n) is 16.7. The lowest BCUT2D eigenvalue weighted by atomic mass is 10.1. The number of nitrogens with one attached hydrogen (secondary N) is 1. The van der Waals surface area contributed by atoms with Gasteiger partial charge in [-0.3, -0.25) is 4.99 Å². The molecule has 0 amide bonds. The number of rotatable bonds is 9. The van der Waals surface area contributed by atoms with Crippen molar-refractivity contribution in [3.63, 3.8) is 0 Å². The SMILES string of the molecule is CN=C(NCC(C)Oc1ccccc1)N1CCC(OCCCOC)CC1.I. The smallest absolute Gasteiger partial charge is 0.193 e. The van der Waals surface area contributed by atoms with Crippen LogP contribution in [0.3, 0.4) is 0 Å². The lowest BCUT2D eigenvalue weighted by Gasteiger charge is -2.34. The van der Waals surface area contributed by atoms with Crippen LogP contribution in [0.5, 0.6) is 5.75 Å². The number of methoxy groups -OCH3 is 1. The average molecular weight is 491 g/mol. The Balaban J connectivity index is 0.00000364. The first-order valence-electron chi connectivity index (χ1n) is 9.50. The largest absolute Gasteiger partial charge is 0.489 e. The van der Waals surface area contributed by atoms with Crippen molar-refractivity contribution in [2.45, 2.75) is 38.4 Å². The number of guanidine groups is 1. The minimum absolute atomic E-state index is 0. The van der Waals surface area contributed by atoms with Crippen molar-refractivity contribution in [2.75, 3.05) is 47.0 Å². The molecule has 0 bridgehead atoms. The van der Waals surface area contributed by atoms with Crippen molar-refractivity contribution in [2.24, 2.45) is 4.99 Å². The van der Waals surface area contributed by atoms with Crippen LogP contribution in [-0.4, -0.2) is 70.1 Å². The normalized spacial score (nSPS) is 16.6. The molecule has 1 saturated heterocycles. The predicted molar refractivity (Wildman–Crippen MR) is 120 cm³/mol. The molecule has 1 atom stereocenters. The van der Waals surface area contributed by atoms with Gasteiger partial charge in [-0.15, -0.1) is 24.0 Å². The van der Waals surface area contributed by atoms with Gasteiger partial charge in [-0.2, -0.15) is 0 Å². The van der Waals surface area contributed by atoms with Crippen LogP contribution in [0.2, 0.25) is 0 Å². The Hall–Kier alpha value is -1.06. The molecule has 0 radical (unpaired) electrons. The minimum atomic E-state index is 0. The third-order valence-corrected chi connectivity index (χ3v) is 4.43. The van der Waals surface area contributed by atoms with Crippen molar-refractivity contribution in [3.8, 4) is 5.75 Å². The van der Waals surface area contributed by atoms with E-state index in [-0.39, 0.29) is 30.1 Å². The molecule has 1 aliphatic heterocycles. The second-order valence-electron chi connectivity index (χ2n) is 6.57. The van der Waals surface area contributed by atoms with E-state index in [0.29, 0.717) is 6.10 Å². The van der Waals surface area contributed by atoms with Gasteiger partial charge in [-0.05, 0) is 38.3 Å². The monoisotopic (exact) mass is 491 g/mol. The van der Waals surface area contributed by atoms with Gasteiger partial charge < -0.3 is 24.4 Å². The van der Waals surface area contributed by atoms with Gasteiger partial charge in [-0.1, -0.05) is 18.2 Å². The third-order valence-electron chi connectivity index (χ3n) is 4.43. The number of ether oxygens (including phenoxy) is 3. The highest BCUT2D eigenvalue weighted by Crippen LogP contribution is 2.14. The first-order chi connectivity index (χ1) is 12.7. The molecule has 7 heteroatoms. The van der Waals surface area contributed by atoms with E-state index in [1.165, 1.54) is 0 Å². The zero-order chi connectivity index (χ0) is 18.6. The van der Waals surface area contributed by atoms with Crippen molar-refractivity contribution >= 4 is 29.9 Å². The molecular formula is C20H34IN3O3. The van der Waals surface area contributed by atoms with Crippen molar-refractivity contribution in [1.29, 1.82) is 0 Å². The van der Waals surface area contributed by atoms with Gasteiger partial charge in [-0.25, -0.2) is 0 Å². The fourth-order valence-electron chi connectivity index (χ4n) is 3.03. The molecule has 1 aliphatic rings. The average Bonchev–Trinajstić information content (AvgIpc) is 2.67. The zero-order valence-corrected chi connectivity index (χ0v) is 19.1. The Morgan fingerprint density at radius 1 is 1.22 bits per heavy atom. The second-order valence-corrected chi connectivity index (χ2v) is 6.57. The Labute approximate surface area is 180 Å². The summed E-state index contributed by atoms with van der Waals surface area (Å²) >= 11 is 0. The molecule has 0 spiro atoms. The lowest BCUT2D eigenvalue weighted by molar-refractivity contribution is 0.00984. The highest BCUT2D eigenvalue weighted by atomic mass is 127. The molecule has 0 saturated carbocycles. The topological polar surface area (TPSA) is 55.3 Å². The third kappa shape index (κ3) is 9.12. The number of halogens is 1. The second kappa shape index (κ2) is 14.0. The summed E-state index contributed by atoms with van der Waals surface area (Å²) in [5, 5.41) is 3.43. The van der Waals surface area contributed by atoms with E-state index in [0.717, 1.165) is 63.8 Å². The van der Waals surface area contributed by atoms with Gasteiger partial charge in [0.15, 0.2) is 5.96 Å². The van der Waals surface area contributed by atoms with Crippen LogP contribution in [0.4, 0.5) is 0 Å². The van der Waals surface area contributed by atoms with Crippen molar-refractivity contribution in [3.05, 3.63) is 30.3 Å². The van der Waals surface area contributed by atoms with E-state index in [9.17, 15) is 0 Å². The molecule has 0 aromatic heterocycles. The summed E-state index contributed by atoms with van der Waals surface area (Å²) in [5.41, 5.74) is 0. The van der Waals surface area contributed by atoms with Crippen LogP contribution < -0.4 is 10.1 Å². The molecule has 1 N–H and O–H groups in total. The molecule has 1 aromatic rings. The van der Waals surface area contributed by atoms with Crippen LogP contribution in [0.1, 0.15) is 26.2 Å². The van der Waals surface area contributed by atoms with Gasteiger partial charge in [0.1, 0.15) is 11.9 Å². The molecule has 1 unspecified atom stereocenters. The number of para-hydroxylation sites is 1. The molecule has 1 heterocycles. The summed E-state index contributed by atoms with van der Waals surface area (Å²) in [7, 11) is 3.56. The van der Waals surface area contributed by atoms with Gasteiger partial charge in [0, 0.05) is 40.5 Å². The van der Waals surface area contributed by atoms with Gasteiger partial charge in [0.2, 0.25) is 0 Å². The number of likely N-dealkylation sites (tertiary alicyclic amines) is 1. The van der Waals surface area contributed by atoms with Crippen molar-refractivity contribution in [1.82, 2.24) is 10.2 Å². The first kappa shape index (κ1) is 24.0. The van der Waals surface area contributed by atoms with Gasteiger partial charge >= 0.3 is 0 Å². The molecule has 27 heavy (non-hydrogen) atoms. The van der Waals surface area contributed by atoms with Crippen molar-refractivity contribution < 1.29 is 14.2 Å². The Morgan fingerprint density at radius 3 is 2.56 bits per heavy atom. The maximum absolute atomic E-state index is 5.92. The standard InChI is InChI=1S/C20H33N3O3.HI/c1-17(26-19-8-5-4-6-9-19)16-22-20(21-2)23-12-10-18(11-13-23)25-15-7-14-24-3;/h4-6,8-9,17-18H,7,10-16H2,1-3H3,(H,21,22);1H. The van der Waals surface area contributed by atoms with E-state index < -0.39 is 0 Å². The number of aliphatic imine (C=N–C) groups is 1. The first-order valence-corrected chi connectivity index (χ1v) is 9.50. The highest BCUT2D eigenvalue weighted by Gasteiger charge is 2.22. The van der Waals surface area contributed by atoms with E-state index in [2.05, 4.69) is 22.1 Å². The summed E-state index contributed by atoms with van der Waals surface area (Å²) in [6.45, 7) is 6.24. The fraction of sp³-hybridized carbons (Fsp3) is 0.650. The summed E-state index contributed by atoms with van der Waals surface area (Å²) < 4.78 is 16.9. The number of hydrogen-bond donors (Lipinski definition) is 1. The number of hydrogen-bond acceptors (Lipinski definition) is 4. The van der Waals surface area contributed by atoms with Crippen LogP contribution in [0.25, 0.3) is 0 Å². The highest BCUT2D eigenvalue weighted by molar-refractivity contribution is 14.0. The molecular weight excluding hydrogens is 457 g/mol. The molecule has 0 aliphatic carbocycles. The van der Waals surface area contributed by atoms with E-state index in [1.54, 1.807) is 7.11 Å². The van der Waals surface area contributed by atoms with Gasteiger partial charge in [0.25, 0.3) is 0 Å². The Morgan fingerprint density at radius 2 is 1.93 bits per heavy atom. The summed E-state index contributed by atoms with van der Waals surface area (Å²) in [6.07, 6.45) is 3.43. The fourth-order valence-corrected chi connectivity index (χ4v) is 3.03. The minimum Gasteiger partial charge on any atom is -0.489 e. The quantitative estimate of drug-likeness (QED) is 0.249.